The largest absolute Gasteiger partial charge is 0.493 e. The van der Waals surface area contributed by atoms with Crippen LogP contribution in [0.4, 0.5) is 11.6 Å². The monoisotopic (exact) mass is 428 g/mol. The number of aromatic nitrogens is 2. The summed E-state index contributed by atoms with van der Waals surface area (Å²) in [4.78, 5) is 21.8. The Morgan fingerprint density at radius 1 is 0.906 bits per heavy atom. The average Bonchev–Trinajstić information content (AvgIpc) is 2.83. The normalized spacial score (nSPS) is 10.6. The Hall–Kier alpha value is -4.13. The van der Waals surface area contributed by atoms with Crippen LogP contribution in [-0.4, -0.2) is 37.1 Å². The van der Waals surface area contributed by atoms with E-state index >= 15 is 0 Å². The van der Waals surface area contributed by atoms with E-state index in [0.29, 0.717) is 29.6 Å². The van der Waals surface area contributed by atoms with Gasteiger partial charge in [-0.2, -0.15) is 0 Å². The molecular weight excluding hydrogens is 404 g/mol. The van der Waals surface area contributed by atoms with Crippen LogP contribution >= 0.6 is 0 Å². The number of benzene rings is 3. The van der Waals surface area contributed by atoms with Crippen LogP contribution in [0.25, 0.3) is 22.2 Å². The third-order valence-corrected chi connectivity index (χ3v) is 5.05. The number of methoxy groups -OCH3 is 2. The molecule has 0 bridgehead atoms. The quantitative estimate of drug-likeness (QED) is 0.450. The number of rotatable bonds is 7. The van der Waals surface area contributed by atoms with E-state index in [-0.39, 0.29) is 5.91 Å². The lowest BCUT2D eigenvalue weighted by molar-refractivity contribution is -0.115. The Kier molecular flexibility index (Phi) is 6.17. The van der Waals surface area contributed by atoms with Gasteiger partial charge in [-0.05, 0) is 23.8 Å². The number of hydrogen-bond acceptors (Lipinski definition) is 6. The van der Waals surface area contributed by atoms with E-state index in [2.05, 4.69) is 20.6 Å². The number of hydrogen-bond donors (Lipinski definition) is 2. The Labute approximate surface area is 186 Å². The van der Waals surface area contributed by atoms with Gasteiger partial charge in [0.15, 0.2) is 11.5 Å². The van der Waals surface area contributed by atoms with Crippen molar-refractivity contribution in [3.63, 3.8) is 0 Å². The van der Waals surface area contributed by atoms with Crippen LogP contribution in [0.5, 0.6) is 11.5 Å². The standard InChI is InChI=1S/C25H24N4O3/c1-26-25-28-20-15-22(32-3)21(31-2)14-19(20)24(29-25)17-10-7-11-18(13-17)27-23(30)12-16-8-5-4-6-9-16/h4-11,13-15H,12H2,1-3H3,(H,27,30)(H,26,28,29). The molecule has 0 aliphatic heterocycles. The number of nitrogens with one attached hydrogen (secondary N) is 2. The Morgan fingerprint density at radius 2 is 1.66 bits per heavy atom. The van der Waals surface area contributed by atoms with Gasteiger partial charge in [0.2, 0.25) is 11.9 Å². The second-order valence-electron chi connectivity index (χ2n) is 7.16. The van der Waals surface area contributed by atoms with Gasteiger partial charge in [-0.1, -0.05) is 42.5 Å². The van der Waals surface area contributed by atoms with Crippen LogP contribution in [0.1, 0.15) is 5.56 Å². The van der Waals surface area contributed by atoms with Crippen LogP contribution in [-0.2, 0) is 11.2 Å². The van der Waals surface area contributed by atoms with E-state index in [1.54, 1.807) is 21.3 Å². The highest BCUT2D eigenvalue weighted by molar-refractivity contribution is 5.97. The first-order valence-electron chi connectivity index (χ1n) is 10.2. The lowest BCUT2D eigenvalue weighted by atomic mass is 10.0. The number of anilines is 2. The summed E-state index contributed by atoms with van der Waals surface area (Å²) in [5.41, 5.74) is 3.94. The Morgan fingerprint density at radius 3 is 2.38 bits per heavy atom. The molecule has 0 saturated carbocycles. The van der Waals surface area contributed by atoms with Crippen LogP contribution < -0.4 is 20.1 Å². The minimum Gasteiger partial charge on any atom is -0.493 e. The summed E-state index contributed by atoms with van der Waals surface area (Å²) in [5, 5.41) is 6.80. The number of nitrogens with zero attached hydrogens (tertiary/aromatic N) is 2. The first kappa shape index (κ1) is 21.1. The molecule has 4 rings (SSSR count). The zero-order chi connectivity index (χ0) is 22.5. The molecule has 0 unspecified atom stereocenters. The molecule has 1 aromatic heterocycles. The highest BCUT2D eigenvalue weighted by atomic mass is 16.5. The van der Waals surface area contributed by atoms with Crippen molar-refractivity contribution in [3.05, 3.63) is 72.3 Å². The predicted molar refractivity (Wildman–Crippen MR) is 126 cm³/mol. The minimum absolute atomic E-state index is 0.0804. The molecule has 1 heterocycles. The summed E-state index contributed by atoms with van der Waals surface area (Å²) in [6.07, 6.45) is 0.308. The van der Waals surface area contributed by atoms with Gasteiger partial charge in [-0.15, -0.1) is 0 Å². The molecule has 32 heavy (non-hydrogen) atoms. The Balaban J connectivity index is 1.71. The van der Waals surface area contributed by atoms with Crippen molar-refractivity contribution in [1.29, 1.82) is 0 Å². The van der Waals surface area contributed by atoms with Crippen LogP contribution in [0, 0.1) is 0 Å². The van der Waals surface area contributed by atoms with Crippen LogP contribution in [0.15, 0.2) is 66.7 Å². The first-order chi connectivity index (χ1) is 15.6. The van der Waals surface area contributed by atoms with Crippen molar-refractivity contribution < 1.29 is 14.3 Å². The maximum absolute atomic E-state index is 12.5. The van der Waals surface area contributed by atoms with E-state index in [1.807, 2.05) is 66.7 Å². The smallest absolute Gasteiger partial charge is 0.228 e. The lowest BCUT2D eigenvalue weighted by Gasteiger charge is -2.13. The third-order valence-electron chi connectivity index (χ3n) is 5.05. The molecule has 0 atom stereocenters. The van der Waals surface area contributed by atoms with Crippen molar-refractivity contribution in [2.24, 2.45) is 0 Å². The van der Waals surface area contributed by atoms with E-state index in [0.717, 1.165) is 27.7 Å². The highest BCUT2D eigenvalue weighted by Gasteiger charge is 2.15. The van der Waals surface area contributed by atoms with Crippen molar-refractivity contribution >= 4 is 28.4 Å². The van der Waals surface area contributed by atoms with Gasteiger partial charge >= 0.3 is 0 Å². The van der Waals surface area contributed by atoms with Gasteiger partial charge in [0.05, 0.1) is 31.9 Å². The predicted octanol–water partition coefficient (Wildman–Crippen LogP) is 4.54. The van der Waals surface area contributed by atoms with E-state index in [1.165, 1.54) is 0 Å². The average molecular weight is 428 g/mol. The molecule has 1 amide bonds. The zero-order valence-electron chi connectivity index (χ0n) is 18.2. The fourth-order valence-electron chi connectivity index (χ4n) is 3.52. The van der Waals surface area contributed by atoms with E-state index in [4.69, 9.17) is 9.47 Å². The van der Waals surface area contributed by atoms with Crippen molar-refractivity contribution in [3.8, 4) is 22.8 Å². The molecule has 3 aromatic carbocycles. The number of carbonyl (C=O) groups is 1. The molecule has 2 N–H and O–H groups in total. The molecule has 4 aromatic rings. The molecule has 0 aliphatic carbocycles. The number of carbonyl (C=O) groups excluding carboxylic acids is 1. The third kappa shape index (κ3) is 4.46. The van der Waals surface area contributed by atoms with Crippen molar-refractivity contribution in [1.82, 2.24) is 9.97 Å². The SMILES string of the molecule is CNc1nc(-c2cccc(NC(=O)Cc3ccccc3)c2)c2cc(OC)c(OC)cc2n1. The van der Waals surface area contributed by atoms with Gasteiger partial charge in [0.25, 0.3) is 0 Å². The molecule has 0 fully saturated rings. The summed E-state index contributed by atoms with van der Waals surface area (Å²) in [6.45, 7) is 0. The fourth-order valence-corrected chi connectivity index (χ4v) is 3.52. The summed E-state index contributed by atoms with van der Waals surface area (Å²) in [6, 6.07) is 20.9. The minimum atomic E-state index is -0.0804. The molecule has 7 nitrogen and oxygen atoms in total. The molecular formula is C25H24N4O3. The van der Waals surface area contributed by atoms with Crippen LogP contribution in [0.3, 0.4) is 0 Å². The summed E-state index contributed by atoms with van der Waals surface area (Å²) in [7, 11) is 4.95. The van der Waals surface area contributed by atoms with Gasteiger partial charge < -0.3 is 20.1 Å². The molecule has 162 valence electrons. The van der Waals surface area contributed by atoms with E-state index < -0.39 is 0 Å². The zero-order valence-corrected chi connectivity index (χ0v) is 18.2. The maximum Gasteiger partial charge on any atom is 0.228 e. The van der Waals surface area contributed by atoms with Gasteiger partial charge in [0, 0.05) is 29.8 Å². The first-order valence-corrected chi connectivity index (χ1v) is 10.2. The molecule has 0 radical (unpaired) electrons. The molecule has 0 aliphatic rings. The summed E-state index contributed by atoms with van der Waals surface area (Å²) in [5.74, 6) is 1.59. The molecule has 7 heteroatoms. The van der Waals surface area contributed by atoms with Crippen molar-refractivity contribution in [2.75, 3.05) is 31.9 Å². The van der Waals surface area contributed by atoms with Gasteiger partial charge in [-0.25, -0.2) is 9.97 Å². The number of fused-ring (bicyclic) bond motifs is 1. The Bertz CT molecular complexity index is 1260. The molecule has 0 spiro atoms. The second kappa shape index (κ2) is 9.34. The van der Waals surface area contributed by atoms with Gasteiger partial charge in [0.1, 0.15) is 0 Å². The second-order valence-corrected chi connectivity index (χ2v) is 7.16. The lowest BCUT2D eigenvalue weighted by Crippen LogP contribution is -2.14. The number of amides is 1. The molecule has 0 saturated heterocycles. The fraction of sp³-hybridized carbons (Fsp3) is 0.160. The number of ether oxygens (including phenoxy) is 2. The van der Waals surface area contributed by atoms with Crippen LogP contribution in [0.2, 0.25) is 0 Å². The highest BCUT2D eigenvalue weighted by Crippen LogP contribution is 2.36. The summed E-state index contributed by atoms with van der Waals surface area (Å²) >= 11 is 0. The van der Waals surface area contributed by atoms with Gasteiger partial charge in [-0.3, -0.25) is 4.79 Å². The van der Waals surface area contributed by atoms with Crippen molar-refractivity contribution in [2.45, 2.75) is 6.42 Å². The van der Waals surface area contributed by atoms with E-state index in [9.17, 15) is 4.79 Å². The maximum atomic E-state index is 12.5. The topological polar surface area (TPSA) is 85.4 Å². The summed E-state index contributed by atoms with van der Waals surface area (Å²) < 4.78 is 10.9.